The van der Waals surface area contributed by atoms with Crippen LogP contribution < -0.4 is 10.0 Å². The third kappa shape index (κ3) is 4.58. The fraction of sp³-hybridized carbons (Fsp3) is 0.300. The first-order valence-electron chi connectivity index (χ1n) is 9.33. The number of carbonyl (C=O) groups is 1. The summed E-state index contributed by atoms with van der Waals surface area (Å²) in [5.74, 6) is 0.851. The van der Waals surface area contributed by atoms with Crippen LogP contribution >= 0.6 is 11.3 Å². The van der Waals surface area contributed by atoms with E-state index in [1.165, 1.54) is 46.7 Å². The van der Waals surface area contributed by atoms with E-state index in [9.17, 15) is 13.2 Å². The second kappa shape index (κ2) is 8.10. The molecule has 0 saturated heterocycles. The maximum absolute atomic E-state index is 12.5. The minimum absolute atomic E-state index is 0.0604. The van der Waals surface area contributed by atoms with Crippen LogP contribution in [0.4, 0.5) is 5.13 Å². The van der Waals surface area contributed by atoms with Crippen LogP contribution in [-0.4, -0.2) is 19.3 Å². The molecule has 1 atom stereocenters. The van der Waals surface area contributed by atoms with Crippen molar-refractivity contribution in [3.8, 4) is 0 Å². The Morgan fingerprint density at radius 3 is 2.79 bits per heavy atom. The molecule has 152 valence electrons. The molecule has 0 spiro atoms. The fourth-order valence-electron chi connectivity index (χ4n) is 3.21. The van der Waals surface area contributed by atoms with E-state index in [1.54, 1.807) is 12.1 Å². The quantitative estimate of drug-likeness (QED) is 0.621. The third-order valence-corrected chi connectivity index (χ3v) is 7.30. The molecule has 0 bridgehead atoms. The lowest BCUT2D eigenvalue weighted by molar-refractivity contribution is 0.102. The van der Waals surface area contributed by atoms with Crippen LogP contribution in [0.3, 0.4) is 0 Å². The van der Waals surface area contributed by atoms with Gasteiger partial charge in [-0.15, -0.1) is 11.3 Å². The van der Waals surface area contributed by atoms with E-state index in [0.717, 1.165) is 25.0 Å². The first-order valence-corrected chi connectivity index (χ1v) is 11.6. The maximum atomic E-state index is 12.5. The summed E-state index contributed by atoms with van der Waals surface area (Å²) in [6, 6.07) is 9.18. The molecule has 1 aromatic carbocycles. The highest BCUT2D eigenvalue weighted by atomic mass is 32.2. The molecule has 0 radical (unpaired) electrons. The monoisotopic (exact) mass is 431 g/mol. The lowest BCUT2D eigenvalue weighted by Crippen LogP contribution is -2.23. The van der Waals surface area contributed by atoms with Gasteiger partial charge in [0.1, 0.15) is 5.76 Å². The van der Waals surface area contributed by atoms with Crippen molar-refractivity contribution in [1.82, 2.24) is 9.71 Å². The summed E-state index contributed by atoms with van der Waals surface area (Å²) in [4.78, 5) is 18.4. The molecule has 1 amide bonds. The van der Waals surface area contributed by atoms with Crippen molar-refractivity contribution in [3.05, 3.63) is 64.6 Å². The van der Waals surface area contributed by atoms with E-state index in [-0.39, 0.29) is 17.3 Å². The minimum atomic E-state index is -3.70. The normalized spacial score (nSPS) is 16.4. The molecular weight excluding hydrogens is 410 g/mol. The van der Waals surface area contributed by atoms with E-state index in [2.05, 4.69) is 21.9 Å². The fourth-order valence-corrected chi connectivity index (χ4v) is 5.37. The molecule has 4 rings (SSSR count). The van der Waals surface area contributed by atoms with Crippen molar-refractivity contribution < 1.29 is 17.6 Å². The molecule has 1 aliphatic carbocycles. The Hall–Kier alpha value is -2.49. The summed E-state index contributed by atoms with van der Waals surface area (Å²) >= 11 is 1.52. The largest absolute Gasteiger partial charge is 0.468 e. The summed E-state index contributed by atoms with van der Waals surface area (Å²) < 4.78 is 32.3. The molecule has 1 aliphatic rings. The van der Waals surface area contributed by atoms with Crippen LogP contribution in [0.1, 0.15) is 40.0 Å². The highest BCUT2D eigenvalue weighted by Gasteiger charge is 2.21. The van der Waals surface area contributed by atoms with Gasteiger partial charge in [-0.1, -0.05) is 6.92 Å². The van der Waals surface area contributed by atoms with Crippen molar-refractivity contribution >= 4 is 32.4 Å². The number of rotatable bonds is 6. The molecular formula is C20H21N3O4S2. The standard InChI is InChI=1S/C20H21N3O4S2/c1-13-4-9-17-18(11-13)28-20(22-17)23-19(24)14-5-7-16(8-6-14)29(25,26)21-12-15-3-2-10-27-15/h2-3,5-8,10,13,21H,4,9,11-12H2,1H3,(H,22,23,24). The van der Waals surface area contributed by atoms with Gasteiger partial charge < -0.3 is 4.42 Å². The number of hydrogen-bond acceptors (Lipinski definition) is 6. The van der Waals surface area contributed by atoms with Gasteiger partial charge in [0.15, 0.2) is 5.13 Å². The summed E-state index contributed by atoms with van der Waals surface area (Å²) in [7, 11) is -3.70. The van der Waals surface area contributed by atoms with Crippen LogP contribution in [0.2, 0.25) is 0 Å². The third-order valence-electron chi connectivity index (χ3n) is 4.85. The van der Waals surface area contributed by atoms with Gasteiger partial charge in [0, 0.05) is 10.4 Å². The molecule has 7 nitrogen and oxygen atoms in total. The molecule has 2 N–H and O–H groups in total. The van der Waals surface area contributed by atoms with E-state index >= 15 is 0 Å². The zero-order chi connectivity index (χ0) is 20.4. The molecule has 0 fully saturated rings. The predicted molar refractivity (Wildman–Crippen MR) is 110 cm³/mol. The maximum Gasteiger partial charge on any atom is 0.257 e. The Kier molecular flexibility index (Phi) is 5.53. The number of furan rings is 1. The van der Waals surface area contributed by atoms with E-state index < -0.39 is 10.0 Å². The number of fused-ring (bicyclic) bond motifs is 1. The van der Waals surface area contributed by atoms with Crippen molar-refractivity contribution in [2.24, 2.45) is 5.92 Å². The Morgan fingerprint density at radius 1 is 1.28 bits per heavy atom. The molecule has 29 heavy (non-hydrogen) atoms. The van der Waals surface area contributed by atoms with E-state index in [1.807, 2.05) is 0 Å². The average molecular weight is 432 g/mol. The zero-order valence-electron chi connectivity index (χ0n) is 15.8. The van der Waals surface area contributed by atoms with Crippen LogP contribution in [0.25, 0.3) is 0 Å². The molecule has 1 unspecified atom stereocenters. The van der Waals surface area contributed by atoms with Gasteiger partial charge in [0.25, 0.3) is 5.91 Å². The smallest absolute Gasteiger partial charge is 0.257 e. The van der Waals surface area contributed by atoms with Crippen LogP contribution in [-0.2, 0) is 29.4 Å². The van der Waals surface area contributed by atoms with Crippen molar-refractivity contribution in [2.75, 3.05) is 5.32 Å². The van der Waals surface area contributed by atoms with Crippen LogP contribution in [0, 0.1) is 5.92 Å². The number of amides is 1. The number of hydrogen-bond donors (Lipinski definition) is 2. The Morgan fingerprint density at radius 2 is 2.07 bits per heavy atom. The van der Waals surface area contributed by atoms with Crippen LogP contribution in [0.5, 0.6) is 0 Å². The molecule has 3 aromatic rings. The highest BCUT2D eigenvalue weighted by Crippen LogP contribution is 2.32. The average Bonchev–Trinajstić information content (AvgIpc) is 3.35. The molecule has 0 saturated carbocycles. The Bertz CT molecular complexity index is 1100. The number of aryl methyl sites for hydroxylation is 1. The first kappa shape index (κ1) is 19.8. The summed E-state index contributed by atoms with van der Waals surface area (Å²) in [5, 5.41) is 3.41. The van der Waals surface area contributed by atoms with E-state index in [4.69, 9.17) is 4.42 Å². The number of aromatic nitrogens is 1. The second-order valence-corrected chi connectivity index (χ2v) is 9.97. The summed E-state index contributed by atoms with van der Waals surface area (Å²) in [5.41, 5.74) is 1.45. The SMILES string of the molecule is CC1CCc2nc(NC(=O)c3ccc(S(=O)(=O)NCc4ccco4)cc3)sc2C1. The van der Waals surface area contributed by atoms with Crippen molar-refractivity contribution in [1.29, 1.82) is 0 Å². The van der Waals surface area contributed by atoms with Crippen molar-refractivity contribution in [2.45, 2.75) is 37.6 Å². The number of benzene rings is 1. The minimum Gasteiger partial charge on any atom is -0.468 e. The first-order chi connectivity index (χ1) is 13.9. The summed E-state index contributed by atoms with van der Waals surface area (Å²) in [6.45, 7) is 2.28. The Balaban J connectivity index is 1.41. The van der Waals surface area contributed by atoms with Gasteiger partial charge in [-0.25, -0.2) is 18.1 Å². The number of nitrogens with zero attached hydrogens (tertiary/aromatic N) is 1. The molecule has 9 heteroatoms. The predicted octanol–water partition coefficient (Wildman–Crippen LogP) is 3.59. The van der Waals surface area contributed by atoms with Gasteiger partial charge in [-0.3, -0.25) is 10.1 Å². The van der Waals surface area contributed by atoms with Gasteiger partial charge in [-0.05, 0) is 61.6 Å². The number of carbonyl (C=O) groups excluding carboxylic acids is 1. The van der Waals surface area contributed by atoms with Crippen LogP contribution in [0.15, 0.2) is 52.0 Å². The zero-order valence-corrected chi connectivity index (χ0v) is 17.5. The van der Waals surface area contributed by atoms with Gasteiger partial charge in [0.05, 0.1) is 23.4 Å². The lowest BCUT2D eigenvalue weighted by atomic mass is 9.93. The molecule has 2 heterocycles. The summed E-state index contributed by atoms with van der Waals surface area (Å²) in [6.07, 6.45) is 4.55. The molecule has 2 aromatic heterocycles. The molecule has 0 aliphatic heterocycles. The van der Waals surface area contributed by atoms with E-state index in [0.29, 0.717) is 22.4 Å². The van der Waals surface area contributed by atoms with Gasteiger partial charge in [-0.2, -0.15) is 0 Å². The van der Waals surface area contributed by atoms with Gasteiger partial charge >= 0.3 is 0 Å². The second-order valence-electron chi connectivity index (χ2n) is 7.12. The Labute approximate surface area is 173 Å². The van der Waals surface area contributed by atoms with Gasteiger partial charge in [0.2, 0.25) is 10.0 Å². The number of sulfonamides is 1. The number of thiazole rings is 1. The topological polar surface area (TPSA) is 101 Å². The highest BCUT2D eigenvalue weighted by molar-refractivity contribution is 7.89. The lowest BCUT2D eigenvalue weighted by Gasteiger charge is -2.15. The number of nitrogens with one attached hydrogen (secondary N) is 2. The number of anilines is 1. The van der Waals surface area contributed by atoms with Crippen molar-refractivity contribution in [3.63, 3.8) is 0 Å².